The minimum atomic E-state index is -1.90. The van der Waals surface area contributed by atoms with Gasteiger partial charge < -0.3 is 73.4 Å². The predicted molar refractivity (Wildman–Crippen MR) is 276 cm³/mol. The Kier molecular flexibility index (Phi) is 30.5. The van der Waals surface area contributed by atoms with Crippen LogP contribution < -0.4 is 21.3 Å². The van der Waals surface area contributed by atoms with Crippen molar-refractivity contribution in [2.75, 3.05) is 210 Å². The van der Waals surface area contributed by atoms with Crippen LogP contribution in [0.25, 0.3) is 10.4 Å². The van der Waals surface area contributed by atoms with E-state index in [4.69, 9.17) is 57.6 Å². The summed E-state index contributed by atoms with van der Waals surface area (Å²) in [5.41, 5.74) is 3.01. The number of alkyl carbamates (subject to hydrolysis) is 4. The molecular weight excluding hydrogens is 1030 g/mol. The van der Waals surface area contributed by atoms with Gasteiger partial charge in [-0.25, -0.2) is 19.2 Å². The maximum atomic E-state index is 14.2. The number of rotatable bonds is 34. The summed E-state index contributed by atoms with van der Waals surface area (Å²) in [6, 6.07) is 0. The molecule has 0 aromatic rings. The average Bonchev–Trinajstić information content (AvgIpc) is 3.46. The number of ether oxygens (including phenoxy) is 11. The lowest BCUT2D eigenvalue weighted by molar-refractivity contribution is -0.179. The van der Waals surface area contributed by atoms with Crippen LogP contribution in [0.5, 0.6) is 0 Å². The van der Waals surface area contributed by atoms with E-state index in [9.17, 15) is 33.6 Å². The smallest absolute Gasteiger partial charge is 0.407 e. The van der Waals surface area contributed by atoms with Gasteiger partial charge in [-0.15, -0.1) is 0 Å². The number of unbranched alkanes of at least 4 members (excludes halogenated alkanes) is 3. The van der Waals surface area contributed by atoms with Crippen LogP contribution in [0.4, 0.5) is 19.2 Å². The number of azide groups is 1. The summed E-state index contributed by atoms with van der Waals surface area (Å²) in [7, 11) is 0. The van der Waals surface area contributed by atoms with Gasteiger partial charge >= 0.3 is 42.3 Å². The van der Waals surface area contributed by atoms with Crippen molar-refractivity contribution in [3.05, 3.63) is 10.4 Å². The molecule has 0 bridgehead atoms. The van der Waals surface area contributed by atoms with E-state index in [-0.39, 0.29) is 32.8 Å². The molecule has 0 radical (unpaired) electrons. The summed E-state index contributed by atoms with van der Waals surface area (Å²) < 4.78 is 60.7. The molecule has 29 nitrogen and oxygen atoms in total. The first-order valence-electron chi connectivity index (χ1n) is 27.0. The predicted octanol–water partition coefficient (Wildman–Crippen LogP) is 0.739. The molecular formula is C49H85N11O18. The molecule has 0 aromatic heterocycles. The van der Waals surface area contributed by atoms with Crippen molar-refractivity contribution in [2.45, 2.75) is 46.5 Å². The minimum Gasteiger partial charge on any atom is -0.465 e. The third-order valence-corrected chi connectivity index (χ3v) is 13.3. The third-order valence-electron chi connectivity index (χ3n) is 13.3. The van der Waals surface area contributed by atoms with Crippen LogP contribution in [0.3, 0.4) is 0 Å². The van der Waals surface area contributed by atoms with Crippen LogP contribution >= 0.6 is 0 Å². The first-order chi connectivity index (χ1) is 37.6. The van der Waals surface area contributed by atoms with Gasteiger partial charge in [0, 0.05) is 116 Å². The minimum absolute atomic E-state index is 0.0702. The fourth-order valence-corrected chi connectivity index (χ4v) is 7.97. The van der Waals surface area contributed by atoms with Gasteiger partial charge in [0.2, 0.25) is 0 Å². The van der Waals surface area contributed by atoms with Crippen LogP contribution in [0.1, 0.15) is 46.5 Å². The van der Waals surface area contributed by atoms with Gasteiger partial charge in [0.25, 0.3) is 0 Å². The molecule has 0 saturated carbocycles. The standard InChI is InChI=1S/C49H85N11O18/c1-47(40(61)72-25-7-5-4-6-8-55-56-50,34-73-41(62)48(2,36-75-43(64)51-9-13-57-17-26-68-27-18-57)37-76-44(65)52-10-14-58-19-28-69-29-20-58)35-74-42(63)49(3,38-77-45(66)53-11-15-59-21-30-70-31-22-59)39-78-46(67)54-12-16-60-23-32-71-33-24-60/h4-39H2,1-3H3,(H,51,64)(H,52,65)(H,53,66)(H,54,67). The number of hydrogen-bond acceptors (Lipinski definition) is 23. The lowest BCUT2D eigenvalue weighted by Gasteiger charge is -2.32. The molecule has 444 valence electrons. The Balaban J connectivity index is 1.46. The maximum Gasteiger partial charge on any atom is 0.407 e. The zero-order valence-electron chi connectivity index (χ0n) is 45.9. The molecule has 4 fully saturated rings. The van der Waals surface area contributed by atoms with Gasteiger partial charge in [-0.3, -0.25) is 34.0 Å². The van der Waals surface area contributed by atoms with Crippen LogP contribution in [0, 0.1) is 16.2 Å². The lowest BCUT2D eigenvalue weighted by Crippen LogP contribution is -2.48. The molecule has 29 heteroatoms. The molecule has 4 rings (SSSR count). The molecule has 0 atom stereocenters. The second kappa shape index (κ2) is 36.6. The Morgan fingerprint density at radius 3 is 0.987 bits per heavy atom. The number of hydrogen-bond donors (Lipinski definition) is 4. The van der Waals surface area contributed by atoms with Crippen LogP contribution in [-0.4, -0.2) is 272 Å². The molecule has 4 heterocycles. The maximum absolute atomic E-state index is 14.2. The van der Waals surface area contributed by atoms with Crippen molar-refractivity contribution < 1.29 is 85.7 Å². The summed E-state index contributed by atoms with van der Waals surface area (Å²) in [5.74, 6) is -3.00. The Morgan fingerprint density at radius 1 is 0.423 bits per heavy atom. The Labute approximate surface area is 456 Å². The molecule has 4 saturated heterocycles. The third kappa shape index (κ3) is 26.0. The second-order valence-electron chi connectivity index (χ2n) is 20.2. The Morgan fingerprint density at radius 2 is 0.692 bits per heavy atom. The fourth-order valence-electron chi connectivity index (χ4n) is 7.97. The molecule has 0 unspecified atom stereocenters. The lowest BCUT2D eigenvalue weighted by atomic mass is 9.90. The number of carbonyl (C=O) groups excluding carboxylic acids is 7. The topological polar surface area (TPSA) is 331 Å². The molecule has 0 aromatic carbocycles. The summed E-state index contributed by atoms with van der Waals surface area (Å²) in [6.45, 7) is 13.5. The Hall–Kier alpha value is -5.52. The van der Waals surface area contributed by atoms with Gasteiger partial charge in [0.05, 0.1) is 59.5 Å². The molecule has 78 heavy (non-hydrogen) atoms. The second-order valence-corrected chi connectivity index (χ2v) is 20.2. The van der Waals surface area contributed by atoms with E-state index in [0.29, 0.717) is 164 Å². The molecule has 4 amide bonds. The van der Waals surface area contributed by atoms with Crippen molar-refractivity contribution in [3.63, 3.8) is 0 Å². The summed E-state index contributed by atoms with van der Waals surface area (Å²) >= 11 is 0. The van der Waals surface area contributed by atoms with Gasteiger partial charge in [-0.2, -0.15) is 0 Å². The Bertz CT molecular complexity index is 1690. The van der Waals surface area contributed by atoms with Gasteiger partial charge in [0.1, 0.15) is 55.9 Å². The first kappa shape index (κ1) is 65.0. The van der Waals surface area contributed by atoms with Crippen molar-refractivity contribution in [1.29, 1.82) is 0 Å². The van der Waals surface area contributed by atoms with Crippen LogP contribution in [0.2, 0.25) is 0 Å². The highest BCUT2D eigenvalue weighted by atomic mass is 16.6. The van der Waals surface area contributed by atoms with E-state index in [1.165, 1.54) is 20.8 Å². The number of carbonyl (C=O) groups is 7. The van der Waals surface area contributed by atoms with E-state index in [1.807, 2.05) is 0 Å². The van der Waals surface area contributed by atoms with E-state index in [1.54, 1.807) is 0 Å². The number of nitrogens with one attached hydrogen (secondary N) is 4. The number of amides is 4. The quantitative estimate of drug-likeness (QED) is 0.0172. The van der Waals surface area contributed by atoms with Crippen LogP contribution in [0.15, 0.2) is 5.11 Å². The first-order valence-corrected chi connectivity index (χ1v) is 27.0. The number of nitrogens with zero attached hydrogens (tertiary/aromatic N) is 7. The van der Waals surface area contributed by atoms with Gasteiger partial charge in [-0.05, 0) is 39.1 Å². The van der Waals surface area contributed by atoms with Crippen LogP contribution in [-0.2, 0) is 66.5 Å². The summed E-state index contributed by atoms with van der Waals surface area (Å²) in [6.07, 6.45) is -1.03. The monoisotopic (exact) mass is 1120 g/mol. The SMILES string of the molecule is CC(COC(=O)NCCN1CCOCC1)(COC(=O)NCCN1CCOCC1)C(=O)OCC(C)(COC(=O)C(C)(COC(=O)NCCN1CCOCC1)COC(=O)NCCN1CCOCC1)C(=O)OCCCCCCN=[N+]=[N-]. The molecule has 0 aliphatic carbocycles. The van der Waals surface area contributed by atoms with E-state index < -0.39 is 98.2 Å². The summed E-state index contributed by atoms with van der Waals surface area (Å²) in [5, 5.41) is 14.2. The van der Waals surface area contributed by atoms with E-state index >= 15 is 0 Å². The number of esters is 3. The van der Waals surface area contributed by atoms with Crippen molar-refractivity contribution in [2.24, 2.45) is 21.4 Å². The number of morpholine rings is 4. The highest BCUT2D eigenvalue weighted by Crippen LogP contribution is 2.28. The highest BCUT2D eigenvalue weighted by molar-refractivity contribution is 5.82. The van der Waals surface area contributed by atoms with E-state index in [2.05, 4.69) is 50.9 Å². The average molecular weight is 1120 g/mol. The fraction of sp³-hybridized carbons (Fsp3) is 0.857. The van der Waals surface area contributed by atoms with Gasteiger partial charge in [-0.1, -0.05) is 18.0 Å². The normalized spacial score (nSPS) is 17.1. The largest absolute Gasteiger partial charge is 0.465 e. The molecule has 4 N–H and O–H groups in total. The molecule has 4 aliphatic heterocycles. The van der Waals surface area contributed by atoms with Crippen molar-refractivity contribution >= 4 is 42.3 Å². The zero-order chi connectivity index (χ0) is 56.3. The van der Waals surface area contributed by atoms with Crippen molar-refractivity contribution in [3.8, 4) is 0 Å². The van der Waals surface area contributed by atoms with E-state index in [0.717, 1.165) is 0 Å². The summed E-state index contributed by atoms with van der Waals surface area (Å²) in [4.78, 5) is 106. The van der Waals surface area contributed by atoms with Crippen molar-refractivity contribution in [1.82, 2.24) is 40.9 Å². The zero-order valence-corrected chi connectivity index (χ0v) is 45.9. The molecule has 0 spiro atoms. The highest BCUT2D eigenvalue weighted by Gasteiger charge is 2.46. The van der Waals surface area contributed by atoms with Gasteiger partial charge in [0.15, 0.2) is 0 Å². The molecule has 4 aliphatic rings.